The summed E-state index contributed by atoms with van der Waals surface area (Å²) in [6.07, 6.45) is 10.9. The lowest BCUT2D eigenvalue weighted by Crippen LogP contribution is -2.35. The monoisotopic (exact) mass is 532 g/mol. The van der Waals surface area contributed by atoms with Crippen LogP contribution in [0.25, 0.3) is 38.9 Å². The molecule has 8 heteroatoms. The maximum atomic E-state index is 14.0. The molecule has 0 radical (unpaired) electrons. The van der Waals surface area contributed by atoms with E-state index in [2.05, 4.69) is 55.5 Å². The Morgan fingerprint density at radius 1 is 0.900 bits per heavy atom. The van der Waals surface area contributed by atoms with E-state index >= 15 is 0 Å². The Morgan fingerprint density at radius 2 is 1.77 bits per heavy atom. The standard InChI is InChI=1S/C32H29FN6O/c33-24-3-1-2-22(13-24)28-17-35-18-30-31(28)38-32(37-30)26-6-9-36-29-5-4-21(14-27(26)29)23-12-20(15-34-16-23)19-39-10-7-25(40)8-11-39/h1-6,12-18,25,36,40H,7-11,19H2,(H,37,38). The molecule has 200 valence electrons. The summed E-state index contributed by atoms with van der Waals surface area (Å²) in [5.41, 5.74) is 9.49. The summed E-state index contributed by atoms with van der Waals surface area (Å²) in [6, 6.07) is 15.1. The number of imidazole rings is 1. The molecule has 7 nitrogen and oxygen atoms in total. The molecule has 0 bridgehead atoms. The highest BCUT2D eigenvalue weighted by molar-refractivity contribution is 5.95. The van der Waals surface area contributed by atoms with Crippen LogP contribution < -0.4 is 5.32 Å². The molecule has 0 unspecified atom stereocenters. The zero-order chi connectivity index (χ0) is 27.1. The van der Waals surface area contributed by atoms with E-state index in [1.807, 2.05) is 18.5 Å². The molecule has 0 saturated carbocycles. The average molecular weight is 533 g/mol. The van der Waals surface area contributed by atoms with Gasteiger partial charge in [0.2, 0.25) is 0 Å². The molecular formula is C32H29FN6O. The van der Waals surface area contributed by atoms with Crippen LogP contribution >= 0.6 is 0 Å². The van der Waals surface area contributed by atoms with Crippen LogP contribution in [0.5, 0.6) is 0 Å². The number of pyridine rings is 2. The molecule has 0 spiro atoms. The molecule has 0 amide bonds. The van der Waals surface area contributed by atoms with E-state index in [-0.39, 0.29) is 11.9 Å². The summed E-state index contributed by atoms with van der Waals surface area (Å²) in [7, 11) is 0. The molecule has 1 saturated heterocycles. The zero-order valence-corrected chi connectivity index (χ0v) is 21.9. The number of anilines is 1. The number of rotatable bonds is 5. The van der Waals surface area contributed by atoms with E-state index in [9.17, 15) is 9.50 Å². The number of piperidine rings is 1. The zero-order valence-electron chi connectivity index (χ0n) is 21.9. The summed E-state index contributed by atoms with van der Waals surface area (Å²) >= 11 is 0. The highest BCUT2D eigenvalue weighted by Gasteiger charge is 2.20. The average Bonchev–Trinajstić information content (AvgIpc) is 3.42. The Kier molecular flexibility index (Phi) is 6.34. The van der Waals surface area contributed by atoms with Crippen molar-refractivity contribution in [2.75, 3.05) is 25.0 Å². The molecule has 5 heterocycles. The van der Waals surface area contributed by atoms with Crippen LogP contribution in [0.3, 0.4) is 0 Å². The quantitative estimate of drug-likeness (QED) is 0.272. The number of nitrogens with zero attached hydrogens (tertiary/aromatic N) is 4. The van der Waals surface area contributed by atoms with Gasteiger partial charge in [-0.25, -0.2) is 9.37 Å². The maximum Gasteiger partial charge on any atom is 0.138 e. The van der Waals surface area contributed by atoms with Crippen molar-refractivity contribution in [1.29, 1.82) is 0 Å². The SMILES string of the molecule is OC1CCN(Cc2cncc(-c3ccc4c(c3)C(c3nc5c(-c6cccc(F)c6)cncc5[nH]3)=CCN4)c2)CC1. The first kappa shape index (κ1) is 24.6. The van der Waals surface area contributed by atoms with Crippen molar-refractivity contribution >= 4 is 22.3 Å². The number of halogens is 1. The predicted molar refractivity (Wildman–Crippen MR) is 155 cm³/mol. The molecule has 2 aliphatic heterocycles. The number of aromatic nitrogens is 4. The number of aromatic amines is 1. The molecule has 1 fully saturated rings. The topological polar surface area (TPSA) is 90.0 Å². The second kappa shape index (κ2) is 10.3. The van der Waals surface area contributed by atoms with Crippen molar-refractivity contribution in [3.05, 3.63) is 102 Å². The number of nitrogens with one attached hydrogen (secondary N) is 2. The molecule has 3 aromatic heterocycles. The number of hydrogen-bond acceptors (Lipinski definition) is 6. The first-order valence-corrected chi connectivity index (χ1v) is 13.6. The molecule has 3 N–H and O–H groups in total. The number of aliphatic hydroxyl groups is 1. The lowest BCUT2D eigenvalue weighted by molar-refractivity contribution is 0.0792. The third-order valence-electron chi connectivity index (χ3n) is 7.78. The molecule has 0 atom stereocenters. The van der Waals surface area contributed by atoms with Gasteiger partial charge in [-0.05, 0) is 59.9 Å². The third kappa shape index (κ3) is 4.76. The van der Waals surface area contributed by atoms with E-state index in [1.165, 1.54) is 12.1 Å². The minimum atomic E-state index is -0.291. The van der Waals surface area contributed by atoms with Gasteiger partial charge in [-0.15, -0.1) is 0 Å². The van der Waals surface area contributed by atoms with Gasteiger partial charge in [0.15, 0.2) is 0 Å². The maximum absolute atomic E-state index is 14.0. The van der Waals surface area contributed by atoms with Crippen molar-refractivity contribution in [3.63, 3.8) is 0 Å². The molecule has 2 aromatic carbocycles. The van der Waals surface area contributed by atoms with Crippen molar-refractivity contribution in [1.82, 2.24) is 24.8 Å². The molecule has 0 aliphatic carbocycles. The fourth-order valence-electron chi connectivity index (χ4n) is 5.69. The Balaban J connectivity index is 1.22. The molecule has 7 rings (SSSR count). The normalized spacial score (nSPS) is 16.0. The van der Waals surface area contributed by atoms with E-state index in [0.717, 1.165) is 94.0 Å². The van der Waals surface area contributed by atoms with E-state index in [4.69, 9.17) is 4.98 Å². The van der Waals surface area contributed by atoms with Gasteiger partial charge >= 0.3 is 0 Å². The summed E-state index contributed by atoms with van der Waals surface area (Å²) < 4.78 is 14.0. The van der Waals surface area contributed by atoms with Gasteiger partial charge in [0.05, 0.1) is 23.3 Å². The lowest BCUT2D eigenvalue weighted by atomic mass is 9.95. The van der Waals surface area contributed by atoms with E-state index in [0.29, 0.717) is 6.54 Å². The van der Waals surface area contributed by atoms with Gasteiger partial charge < -0.3 is 15.4 Å². The first-order chi connectivity index (χ1) is 19.6. The summed E-state index contributed by atoms with van der Waals surface area (Å²) in [4.78, 5) is 19.7. The Labute approximate surface area is 231 Å². The van der Waals surface area contributed by atoms with Crippen LogP contribution in [0.15, 0.2) is 79.4 Å². The first-order valence-electron chi connectivity index (χ1n) is 13.6. The van der Waals surface area contributed by atoms with Crippen LogP contribution in [0, 0.1) is 5.82 Å². The van der Waals surface area contributed by atoms with Crippen LogP contribution in [-0.4, -0.2) is 55.7 Å². The molecule has 2 aliphatic rings. The smallest absolute Gasteiger partial charge is 0.138 e. The van der Waals surface area contributed by atoms with Crippen LogP contribution in [0.2, 0.25) is 0 Å². The highest BCUT2D eigenvalue weighted by atomic mass is 19.1. The Morgan fingerprint density at radius 3 is 2.65 bits per heavy atom. The largest absolute Gasteiger partial charge is 0.393 e. The number of hydrogen-bond donors (Lipinski definition) is 3. The molecular weight excluding hydrogens is 503 g/mol. The van der Waals surface area contributed by atoms with Crippen LogP contribution in [-0.2, 0) is 6.54 Å². The minimum absolute atomic E-state index is 0.178. The number of benzene rings is 2. The van der Waals surface area contributed by atoms with Crippen molar-refractivity contribution < 1.29 is 9.50 Å². The Hall–Kier alpha value is -4.40. The Bertz CT molecular complexity index is 1740. The van der Waals surface area contributed by atoms with Crippen LogP contribution in [0.4, 0.5) is 10.1 Å². The highest BCUT2D eigenvalue weighted by Crippen LogP contribution is 2.36. The van der Waals surface area contributed by atoms with Crippen molar-refractivity contribution in [3.8, 4) is 22.3 Å². The van der Waals surface area contributed by atoms with Crippen molar-refractivity contribution in [2.24, 2.45) is 0 Å². The minimum Gasteiger partial charge on any atom is -0.393 e. The van der Waals surface area contributed by atoms with Gasteiger partial charge in [-0.3, -0.25) is 14.9 Å². The van der Waals surface area contributed by atoms with E-state index < -0.39 is 0 Å². The van der Waals surface area contributed by atoms with Gasteiger partial charge in [-0.2, -0.15) is 0 Å². The fraction of sp³-hybridized carbons (Fsp3) is 0.219. The molecule has 5 aromatic rings. The predicted octanol–water partition coefficient (Wildman–Crippen LogP) is 5.64. The lowest BCUT2D eigenvalue weighted by Gasteiger charge is -2.29. The summed E-state index contributed by atoms with van der Waals surface area (Å²) in [5.74, 6) is 0.459. The number of aliphatic hydroxyl groups excluding tert-OH is 1. The number of likely N-dealkylation sites (tertiary alicyclic amines) is 1. The van der Waals surface area contributed by atoms with Gasteiger partial charge in [0.25, 0.3) is 0 Å². The fourth-order valence-corrected chi connectivity index (χ4v) is 5.69. The van der Waals surface area contributed by atoms with Crippen molar-refractivity contribution in [2.45, 2.75) is 25.5 Å². The summed E-state index contributed by atoms with van der Waals surface area (Å²) in [6.45, 7) is 3.32. The van der Waals surface area contributed by atoms with Gasteiger partial charge in [0, 0.05) is 72.7 Å². The second-order valence-electron chi connectivity index (χ2n) is 10.5. The van der Waals surface area contributed by atoms with E-state index in [1.54, 1.807) is 18.5 Å². The summed E-state index contributed by atoms with van der Waals surface area (Å²) in [5, 5.41) is 13.3. The number of fused-ring (bicyclic) bond motifs is 2. The molecule has 40 heavy (non-hydrogen) atoms. The van der Waals surface area contributed by atoms with Gasteiger partial charge in [0.1, 0.15) is 11.6 Å². The van der Waals surface area contributed by atoms with Crippen LogP contribution in [0.1, 0.15) is 29.8 Å². The third-order valence-corrected chi connectivity index (χ3v) is 7.78. The van der Waals surface area contributed by atoms with Gasteiger partial charge in [-0.1, -0.05) is 24.3 Å². The number of H-pyrrole nitrogens is 1. The second-order valence-corrected chi connectivity index (χ2v) is 10.5.